The van der Waals surface area contributed by atoms with Gasteiger partial charge in [-0.2, -0.15) is 0 Å². The lowest BCUT2D eigenvalue weighted by molar-refractivity contribution is -0.121. The lowest BCUT2D eigenvalue weighted by Gasteiger charge is -2.36. The summed E-state index contributed by atoms with van der Waals surface area (Å²) in [7, 11) is 0. The van der Waals surface area contributed by atoms with Crippen molar-refractivity contribution in [3.05, 3.63) is 47.7 Å². The van der Waals surface area contributed by atoms with Crippen molar-refractivity contribution in [2.45, 2.75) is 58.3 Å². The van der Waals surface area contributed by atoms with E-state index in [2.05, 4.69) is 34.4 Å². The summed E-state index contributed by atoms with van der Waals surface area (Å²) >= 11 is 0. The summed E-state index contributed by atoms with van der Waals surface area (Å²) in [5.74, 6) is 1.75. The smallest absolute Gasteiger partial charge is 0.224 e. The Kier molecular flexibility index (Phi) is 7.44. The average Bonchev–Trinajstić information content (AvgIpc) is 2.80. The second-order valence-electron chi connectivity index (χ2n) is 8.78. The van der Waals surface area contributed by atoms with Crippen LogP contribution in [-0.4, -0.2) is 48.7 Å². The third-order valence-corrected chi connectivity index (χ3v) is 5.83. The van der Waals surface area contributed by atoms with E-state index in [1.54, 1.807) is 0 Å². The van der Waals surface area contributed by atoms with Crippen molar-refractivity contribution in [3.8, 4) is 5.75 Å². The molecule has 33 heavy (non-hydrogen) atoms. The van der Waals surface area contributed by atoms with E-state index in [9.17, 15) is 9.59 Å². The molecule has 2 unspecified atom stereocenters. The maximum atomic E-state index is 12.2. The molecule has 0 bridgehead atoms. The minimum Gasteiger partial charge on any atom is -0.494 e. The zero-order valence-electron chi connectivity index (χ0n) is 19.3. The second kappa shape index (κ2) is 10.7. The Balaban J connectivity index is 1.15. The summed E-state index contributed by atoms with van der Waals surface area (Å²) in [6, 6.07) is 9.69. The molecule has 0 spiro atoms. The van der Waals surface area contributed by atoms with Crippen LogP contribution < -0.4 is 20.3 Å². The number of pyridine rings is 1. The summed E-state index contributed by atoms with van der Waals surface area (Å²) in [5, 5.41) is 5.81. The monoisotopic (exact) mass is 452 g/mol. The van der Waals surface area contributed by atoms with Crippen LogP contribution in [0.4, 0.5) is 11.5 Å². The first-order chi connectivity index (χ1) is 16.0. The Morgan fingerprint density at radius 3 is 2.79 bits per heavy atom. The number of aryl methyl sites for hydroxylation is 1. The Morgan fingerprint density at radius 1 is 1.21 bits per heavy atom. The van der Waals surface area contributed by atoms with Gasteiger partial charge in [-0.25, -0.2) is 4.98 Å². The van der Waals surface area contributed by atoms with Crippen molar-refractivity contribution in [2.75, 3.05) is 29.9 Å². The van der Waals surface area contributed by atoms with E-state index in [1.807, 2.05) is 36.5 Å². The highest BCUT2D eigenvalue weighted by Crippen LogP contribution is 2.27. The van der Waals surface area contributed by atoms with Gasteiger partial charge in [0.15, 0.2) is 0 Å². The minimum absolute atomic E-state index is 0.00772. The normalized spacial score (nSPS) is 20.1. The molecule has 2 amide bonds. The van der Waals surface area contributed by atoms with Crippen LogP contribution in [0.15, 0.2) is 36.5 Å². The Morgan fingerprint density at radius 2 is 2.03 bits per heavy atom. The number of nitrogens with one attached hydrogen (secondary N) is 2. The number of carbonyl (C=O) groups is 2. The molecule has 2 aromatic rings. The number of hydrogen-bond acceptors (Lipinski definition) is 6. The number of fused-ring (bicyclic) bond motifs is 1. The van der Waals surface area contributed by atoms with E-state index in [1.165, 1.54) is 0 Å². The Bertz CT molecular complexity index is 969. The van der Waals surface area contributed by atoms with E-state index in [0.29, 0.717) is 32.4 Å². The molecular weight excluding hydrogens is 420 g/mol. The quantitative estimate of drug-likeness (QED) is 0.598. The maximum Gasteiger partial charge on any atom is 0.224 e. The van der Waals surface area contributed by atoms with Gasteiger partial charge >= 0.3 is 0 Å². The van der Waals surface area contributed by atoms with Crippen LogP contribution in [0, 0.1) is 0 Å². The predicted molar refractivity (Wildman–Crippen MR) is 126 cm³/mol. The van der Waals surface area contributed by atoms with Gasteiger partial charge in [-0.1, -0.05) is 6.07 Å². The van der Waals surface area contributed by atoms with Crippen molar-refractivity contribution in [3.63, 3.8) is 0 Å². The van der Waals surface area contributed by atoms with Gasteiger partial charge in [0.25, 0.3) is 0 Å². The number of amides is 2. The zero-order valence-corrected chi connectivity index (χ0v) is 19.3. The number of ether oxygens (including phenoxy) is 2. The third-order valence-electron chi connectivity index (χ3n) is 5.83. The number of morpholine rings is 1. The molecule has 1 saturated heterocycles. The van der Waals surface area contributed by atoms with Crippen LogP contribution >= 0.6 is 0 Å². The summed E-state index contributed by atoms with van der Waals surface area (Å²) in [5.41, 5.74) is 2.91. The van der Waals surface area contributed by atoms with Crippen LogP contribution in [0.5, 0.6) is 5.75 Å². The van der Waals surface area contributed by atoms with Crippen molar-refractivity contribution in [1.29, 1.82) is 0 Å². The number of carbonyl (C=O) groups excluding carboxylic acids is 2. The van der Waals surface area contributed by atoms with Crippen molar-refractivity contribution in [2.24, 2.45) is 0 Å². The van der Waals surface area contributed by atoms with E-state index < -0.39 is 0 Å². The summed E-state index contributed by atoms with van der Waals surface area (Å²) in [6.07, 6.45) is 4.45. The fraction of sp³-hybridized carbons (Fsp3) is 0.480. The largest absolute Gasteiger partial charge is 0.494 e. The van der Waals surface area contributed by atoms with Crippen LogP contribution in [0.1, 0.15) is 44.2 Å². The van der Waals surface area contributed by atoms with E-state index >= 15 is 0 Å². The molecule has 2 N–H and O–H groups in total. The Labute approximate surface area is 194 Å². The fourth-order valence-corrected chi connectivity index (χ4v) is 4.23. The molecule has 8 heteroatoms. The molecule has 1 aromatic carbocycles. The van der Waals surface area contributed by atoms with Gasteiger partial charge in [-0.3, -0.25) is 9.59 Å². The standard InChI is InChI=1S/C25H32N4O4/c1-17-15-29(16-18(2)33-17)23-9-5-19(13-26-23)14-27-24(30)4-3-11-32-21-7-8-22-20(12-21)6-10-25(31)28-22/h5,7-9,12-13,17-18H,3-4,6,10-11,14-16H2,1-2H3,(H,27,30)(H,28,31). The summed E-state index contributed by atoms with van der Waals surface area (Å²) < 4.78 is 11.6. The summed E-state index contributed by atoms with van der Waals surface area (Å²) in [6.45, 7) is 6.73. The van der Waals surface area contributed by atoms with Crippen LogP contribution in [-0.2, 0) is 27.3 Å². The van der Waals surface area contributed by atoms with Crippen molar-refractivity contribution < 1.29 is 19.1 Å². The molecule has 8 nitrogen and oxygen atoms in total. The fourth-order valence-electron chi connectivity index (χ4n) is 4.23. The molecule has 0 saturated carbocycles. The SMILES string of the molecule is CC1CN(c2ccc(CNC(=O)CCCOc3ccc4c(c3)CCC(=O)N4)cn2)CC(C)O1. The molecule has 1 fully saturated rings. The van der Waals surface area contributed by atoms with Crippen LogP contribution in [0.2, 0.25) is 0 Å². The maximum absolute atomic E-state index is 12.2. The molecular formula is C25H32N4O4. The van der Waals surface area contributed by atoms with E-state index in [4.69, 9.17) is 9.47 Å². The van der Waals surface area contributed by atoms with Crippen LogP contribution in [0.25, 0.3) is 0 Å². The first-order valence-electron chi connectivity index (χ1n) is 11.6. The predicted octanol–water partition coefficient (Wildman–Crippen LogP) is 3.06. The lowest BCUT2D eigenvalue weighted by atomic mass is 10.0. The second-order valence-corrected chi connectivity index (χ2v) is 8.78. The molecule has 0 radical (unpaired) electrons. The molecule has 4 rings (SSSR count). The molecule has 1 aromatic heterocycles. The topological polar surface area (TPSA) is 92.8 Å². The highest BCUT2D eigenvalue weighted by Gasteiger charge is 2.23. The van der Waals surface area contributed by atoms with Gasteiger partial charge in [-0.15, -0.1) is 0 Å². The highest BCUT2D eigenvalue weighted by atomic mass is 16.5. The lowest BCUT2D eigenvalue weighted by Crippen LogP contribution is -2.45. The molecule has 3 heterocycles. The van der Waals surface area contributed by atoms with Crippen molar-refractivity contribution >= 4 is 23.3 Å². The molecule has 0 aliphatic carbocycles. The molecule has 176 valence electrons. The van der Waals surface area contributed by atoms with Gasteiger partial charge in [-0.05, 0) is 62.1 Å². The average molecular weight is 453 g/mol. The van der Waals surface area contributed by atoms with Gasteiger partial charge in [0, 0.05) is 44.4 Å². The molecule has 2 aliphatic rings. The van der Waals surface area contributed by atoms with Gasteiger partial charge in [0.1, 0.15) is 11.6 Å². The number of rotatable bonds is 8. The molecule has 2 atom stereocenters. The number of aromatic nitrogens is 1. The first kappa shape index (κ1) is 23.0. The minimum atomic E-state index is -0.00772. The Hall–Kier alpha value is -3.13. The van der Waals surface area contributed by atoms with Gasteiger partial charge in [0.05, 0.1) is 18.8 Å². The molecule has 2 aliphatic heterocycles. The number of benzene rings is 1. The van der Waals surface area contributed by atoms with Gasteiger partial charge < -0.3 is 25.0 Å². The van der Waals surface area contributed by atoms with E-state index in [-0.39, 0.29) is 24.0 Å². The van der Waals surface area contributed by atoms with Crippen molar-refractivity contribution in [1.82, 2.24) is 10.3 Å². The number of anilines is 2. The number of hydrogen-bond donors (Lipinski definition) is 2. The number of nitrogens with zero attached hydrogens (tertiary/aromatic N) is 2. The first-order valence-corrected chi connectivity index (χ1v) is 11.6. The summed E-state index contributed by atoms with van der Waals surface area (Å²) in [4.78, 5) is 30.4. The van der Waals surface area contributed by atoms with Crippen LogP contribution in [0.3, 0.4) is 0 Å². The zero-order chi connectivity index (χ0) is 23.2. The highest BCUT2D eigenvalue weighted by molar-refractivity contribution is 5.94. The van der Waals surface area contributed by atoms with Gasteiger partial charge in [0.2, 0.25) is 11.8 Å². The van der Waals surface area contributed by atoms with E-state index in [0.717, 1.165) is 47.9 Å². The third kappa shape index (κ3) is 6.44.